The van der Waals surface area contributed by atoms with E-state index in [1.165, 1.54) is 30.0 Å². The second kappa shape index (κ2) is 3.91. The van der Waals surface area contributed by atoms with Crippen LogP contribution >= 0.6 is 0 Å². The van der Waals surface area contributed by atoms with Crippen molar-refractivity contribution < 1.29 is 9.53 Å². The molecule has 1 aromatic heterocycles. The minimum Gasteiger partial charge on any atom is -0.469 e. The van der Waals surface area contributed by atoms with E-state index < -0.39 is 0 Å². The summed E-state index contributed by atoms with van der Waals surface area (Å²) in [7, 11) is 1.43. The fourth-order valence-electron chi connectivity index (χ4n) is 2.67. The van der Waals surface area contributed by atoms with Crippen molar-refractivity contribution >= 4 is 16.9 Å². The summed E-state index contributed by atoms with van der Waals surface area (Å²) in [6.07, 6.45) is 4.79. The second-order valence-electron chi connectivity index (χ2n) is 4.56. The SMILES string of the molecule is COC(=O)Cc1cc2c3c(ccn3CCC2)c1. The molecule has 0 spiro atoms. The van der Waals surface area contributed by atoms with Gasteiger partial charge >= 0.3 is 5.97 Å². The molecule has 0 atom stereocenters. The van der Waals surface area contributed by atoms with Gasteiger partial charge in [-0.15, -0.1) is 0 Å². The molecule has 0 fully saturated rings. The first-order valence-electron chi connectivity index (χ1n) is 5.95. The molecular formula is C14H15NO2. The number of methoxy groups -OCH3 is 1. The van der Waals surface area contributed by atoms with E-state index in [2.05, 4.69) is 29.0 Å². The van der Waals surface area contributed by atoms with Crippen molar-refractivity contribution in [1.29, 1.82) is 0 Å². The Hall–Kier alpha value is -1.77. The van der Waals surface area contributed by atoms with Gasteiger partial charge in [-0.2, -0.15) is 0 Å². The fraction of sp³-hybridized carbons (Fsp3) is 0.357. The highest BCUT2D eigenvalue weighted by atomic mass is 16.5. The normalized spacial score (nSPS) is 13.9. The molecule has 3 rings (SSSR count). The van der Waals surface area contributed by atoms with Crippen LogP contribution in [0.3, 0.4) is 0 Å². The van der Waals surface area contributed by atoms with Crippen LogP contribution in [0.4, 0.5) is 0 Å². The molecule has 2 heterocycles. The molecule has 0 radical (unpaired) electrons. The molecule has 0 saturated carbocycles. The third kappa shape index (κ3) is 1.71. The van der Waals surface area contributed by atoms with E-state index in [9.17, 15) is 4.79 Å². The lowest BCUT2D eigenvalue weighted by Crippen LogP contribution is -2.09. The van der Waals surface area contributed by atoms with Crippen LogP contribution in [0.2, 0.25) is 0 Å². The van der Waals surface area contributed by atoms with Gasteiger partial charge < -0.3 is 9.30 Å². The summed E-state index contributed by atoms with van der Waals surface area (Å²) in [6, 6.07) is 6.37. The number of aryl methyl sites for hydroxylation is 2. The number of rotatable bonds is 2. The third-order valence-electron chi connectivity index (χ3n) is 3.42. The molecule has 0 bridgehead atoms. The van der Waals surface area contributed by atoms with Gasteiger partial charge in [0.05, 0.1) is 19.0 Å². The molecule has 0 amide bonds. The van der Waals surface area contributed by atoms with Crippen molar-refractivity contribution in [2.45, 2.75) is 25.8 Å². The van der Waals surface area contributed by atoms with Gasteiger partial charge in [0.15, 0.2) is 0 Å². The Balaban J connectivity index is 2.08. The highest BCUT2D eigenvalue weighted by Crippen LogP contribution is 2.27. The Morgan fingerprint density at radius 2 is 2.35 bits per heavy atom. The molecule has 3 heteroatoms. The van der Waals surface area contributed by atoms with Crippen LogP contribution in [0.1, 0.15) is 17.5 Å². The summed E-state index contributed by atoms with van der Waals surface area (Å²) in [6.45, 7) is 1.10. The Morgan fingerprint density at radius 1 is 1.47 bits per heavy atom. The minimum atomic E-state index is -0.174. The topological polar surface area (TPSA) is 31.2 Å². The number of benzene rings is 1. The van der Waals surface area contributed by atoms with E-state index in [4.69, 9.17) is 4.74 Å². The second-order valence-corrected chi connectivity index (χ2v) is 4.56. The fourth-order valence-corrected chi connectivity index (χ4v) is 2.67. The number of carbonyl (C=O) groups excluding carboxylic acids is 1. The molecule has 0 aliphatic carbocycles. The zero-order chi connectivity index (χ0) is 11.8. The average Bonchev–Trinajstić information content (AvgIpc) is 2.74. The van der Waals surface area contributed by atoms with Gasteiger partial charge in [-0.1, -0.05) is 6.07 Å². The van der Waals surface area contributed by atoms with Crippen LogP contribution in [0.5, 0.6) is 0 Å². The maximum atomic E-state index is 11.3. The first-order chi connectivity index (χ1) is 8.28. The zero-order valence-electron chi connectivity index (χ0n) is 9.90. The summed E-state index contributed by atoms with van der Waals surface area (Å²) >= 11 is 0. The standard InChI is InChI=1S/C14H15NO2/c1-17-13(16)9-10-7-11-3-2-5-15-6-4-12(8-10)14(11)15/h4,6-8H,2-3,5,9H2,1H3. The number of ether oxygens (including phenoxy) is 1. The third-order valence-corrected chi connectivity index (χ3v) is 3.42. The number of hydrogen-bond acceptors (Lipinski definition) is 2. The molecule has 1 aliphatic rings. The van der Waals surface area contributed by atoms with E-state index in [1.807, 2.05) is 0 Å². The van der Waals surface area contributed by atoms with Gasteiger partial charge in [0.1, 0.15) is 0 Å². The summed E-state index contributed by atoms with van der Waals surface area (Å²) in [4.78, 5) is 11.3. The minimum absolute atomic E-state index is 0.174. The van der Waals surface area contributed by atoms with Gasteiger partial charge in [0, 0.05) is 18.1 Å². The van der Waals surface area contributed by atoms with Crippen LogP contribution in [0.15, 0.2) is 24.4 Å². The maximum absolute atomic E-state index is 11.3. The Bertz CT molecular complexity index is 583. The van der Waals surface area contributed by atoms with E-state index in [1.54, 1.807) is 0 Å². The number of carbonyl (C=O) groups is 1. The lowest BCUT2D eigenvalue weighted by Gasteiger charge is -2.16. The largest absolute Gasteiger partial charge is 0.469 e. The quantitative estimate of drug-likeness (QED) is 0.740. The van der Waals surface area contributed by atoms with Crippen LogP contribution in [0, 0.1) is 0 Å². The number of aromatic nitrogens is 1. The molecule has 0 unspecified atom stereocenters. The number of hydrogen-bond donors (Lipinski definition) is 0. The Morgan fingerprint density at radius 3 is 3.18 bits per heavy atom. The van der Waals surface area contributed by atoms with Gasteiger partial charge in [-0.25, -0.2) is 0 Å². The molecule has 88 valence electrons. The Labute approximate surface area is 100.0 Å². The van der Waals surface area contributed by atoms with Gasteiger partial charge in [-0.3, -0.25) is 4.79 Å². The summed E-state index contributed by atoms with van der Waals surface area (Å²) < 4.78 is 7.02. The summed E-state index contributed by atoms with van der Waals surface area (Å²) in [5.74, 6) is -0.174. The first-order valence-corrected chi connectivity index (χ1v) is 5.95. The Kier molecular flexibility index (Phi) is 2.39. The van der Waals surface area contributed by atoms with Crippen molar-refractivity contribution in [2.75, 3.05) is 7.11 Å². The van der Waals surface area contributed by atoms with Gasteiger partial charge in [-0.05, 0) is 36.1 Å². The van der Waals surface area contributed by atoms with Crippen molar-refractivity contribution in [3.63, 3.8) is 0 Å². The molecule has 1 aromatic carbocycles. The smallest absolute Gasteiger partial charge is 0.309 e. The molecule has 3 nitrogen and oxygen atoms in total. The highest BCUT2D eigenvalue weighted by Gasteiger charge is 2.14. The predicted octanol–water partition coefficient (Wildman–Crippen LogP) is 2.30. The molecule has 0 saturated heterocycles. The lowest BCUT2D eigenvalue weighted by molar-refractivity contribution is -0.139. The van der Waals surface area contributed by atoms with E-state index >= 15 is 0 Å². The van der Waals surface area contributed by atoms with Crippen molar-refractivity contribution in [1.82, 2.24) is 4.57 Å². The summed E-state index contributed by atoms with van der Waals surface area (Å²) in [5.41, 5.74) is 3.75. The highest BCUT2D eigenvalue weighted by molar-refractivity contribution is 5.86. The molecule has 2 aromatic rings. The first kappa shape index (κ1) is 10.4. The predicted molar refractivity (Wildman–Crippen MR) is 66.0 cm³/mol. The number of nitrogens with zero attached hydrogens (tertiary/aromatic N) is 1. The van der Waals surface area contributed by atoms with E-state index in [-0.39, 0.29) is 5.97 Å². The van der Waals surface area contributed by atoms with Crippen molar-refractivity contribution in [3.05, 3.63) is 35.5 Å². The van der Waals surface area contributed by atoms with Gasteiger partial charge in [0.2, 0.25) is 0 Å². The van der Waals surface area contributed by atoms with Crippen LogP contribution < -0.4 is 0 Å². The van der Waals surface area contributed by atoms with Crippen LogP contribution in [-0.4, -0.2) is 17.6 Å². The monoisotopic (exact) mass is 229 g/mol. The molecule has 1 aliphatic heterocycles. The average molecular weight is 229 g/mol. The molecule has 0 N–H and O–H groups in total. The number of esters is 1. The van der Waals surface area contributed by atoms with E-state index in [0.29, 0.717) is 6.42 Å². The van der Waals surface area contributed by atoms with Crippen molar-refractivity contribution in [2.24, 2.45) is 0 Å². The van der Waals surface area contributed by atoms with Crippen LogP contribution in [-0.2, 0) is 28.9 Å². The van der Waals surface area contributed by atoms with Gasteiger partial charge in [0.25, 0.3) is 0 Å². The van der Waals surface area contributed by atoms with Crippen molar-refractivity contribution in [3.8, 4) is 0 Å². The molecular weight excluding hydrogens is 214 g/mol. The van der Waals surface area contributed by atoms with E-state index in [0.717, 1.165) is 18.5 Å². The maximum Gasteiger partial charge on any atom is 0.309 e. The summed E-state index contributed by atoms with van der Waals surface area (Å²) in [5, 5.41) is 1.24. The lowest BCUT2D eigenvalue weighted by atomic mass is 9.99. The zero-order valence-corrected chi connectivity index (χ0v) is 9.90. The molecule has 17 heavy (non-hydrogen) atoms. The van der Waals surface area contributed by atoms with Crippen LogP contribution in [0.25, 0.3) is 10.9 Å².